The van der Waals surface area contributed by atoms with E-state index in [4.69, 9.17) is 0 Å². The van der Waals surface area contributed by atoms with E-state index < -0.39 is 26.4 Å². The summed E-state index contributed by atoms with van der Waals surface area (Å²) in [7, 11) is -0.0782. The lowest BCUT2D eigenvalue weighted by molar-refractivity contribution is -0.385. The molecule has 0 aliphatic heterocycles. The van der Waals surface area contributed by atoms with Crippen LogP contribution in [0.5, 0.6) is 0 Å². The van der Waals surface area contributed by atoms with Gasteiger partial charge in [-0.15, -0.1) is 0 Å². The van der Waals surface area contributed by atoms with Gasteiger partial charge in [0.2, 0.25) is 0 Å². The number of nitro groups is 1. The molecule has 9 nitrogen and oxygen atoms in total. The lowest BCUT2D eigenvalue weighted by Gasteiger charge is -2.25. The van der Waals surface area contributed by atoms with Gasteiger partial charge in [0.05, 0.1) is 15.5 Å². The lowest BCUT2D eigenvalue weighted by Crippen LogP contribution is -2.33. The minimum absolute atomic E-state index is 0.166. The smallest absolute Gasteiger partial charge is 0.283 e. The van der Waals surface area contributed by atoms with E-state index in [-0.39, 0.29) is 16.1 Å². The Labute approximate surface area is 181 Å². The minimum atomic E-state index is -3.76. The zero-order chi connectivity index (χ0) is 21.5. The highest BCUT2D eigenvalue weighted by Crippen LogP contribution is 2.33. The topological polar surface area (TPSA) is 113 Å². The molecule has 158 valence electrons. The number of carbonyl (C=O) groups excluding carboxylic acids is 1. The molecule has 0 saturated heterocycles. The van der Waals surface area contributed by atoms with Crippen LogP contribution >= 0.6 is 31.9 Å². The van der Waals surface area contributed by atoms with Crippen molar-refractivity contribution in [3.05, 3.63) is 27.8 Å². The number of benzene rings is 1. The van der Waals surface area contributed by atoms with Crippen molar-refractivity contribution < 1.29 is 18.1 Å². The Kier molecular flexibility index (Phi) is 9.81. The molecule has 0 aromatic heterocycles. The highest BCUT2D eigenvalue weighted by Gasteiger charge is 2.28. The number of nitrogens with one attached hydrogen (secondary N) is 1. The monoisotopic (exact) mass is 542 g/mol. The largest absolute Gasteiger partial charge is 0.369 e. The van der Waals surface area contributed by atoms with Gasteiger partial charge in [0.1, 0.15) is 5.56 Å². The van der Waals surface area contributed by atoms with E-state index in [1.165, 1.54) is 6.07 Å². The zero-order valence-corrected chi connectivity index (χ0v) is 19.9. The third-order valence-corrected chi connectivity index (χ3v) is 5.65. The molecule has 0 aliphatic carbocycles. The van der Waals surface area contributed by atoms with E-state index in [9.17, 15) is 23.3 Å². The number of alkyl halides is 2. The first-order valence-electron chi connectivity index (χ1n) is 8.35. The van der Waals surface area contributed by atoms with Crippen LogP contribution in [0.3, 0.4) is 0 Å². The van der Waals surface area contributed by atoms with Gasteiger partial charge in [-0.3, -0.25) is 14.9 Å². The standard InChI is InChI=1S/C16H24Br2N4O5S/c1-20(2)9-6-19-16(23)12-10-14(21(7-4-17)8-5-18)15(28(3,26)27)11-13(12)22(24)25/h10-11H,4-9H2,1-3H3,(H,19,23). The first-order chi connectivity index (χ1) is 13.0. The maximum absolute atomic E-state index is 12.6. The average molecular weight is 544 g/mol. The molecule has 0 spiro atoms. The summed E-state index contributed by atoms with van der Waals surface area (Å²) in [5.41, 5.74) is -0.436. The number of hydrogen-bond acceptors (Lipinski definition) is 7. The van der Waals surface area contributed by atoms with Gasteiger partial charge in [-0.05, 0) is 20.2 Å². The van der Waals surface area contributed by atoms with Crippen LogP contribution in [0.15, 0.2) is 17.0 Å². The Balaban J connectivity index is 3.55. The van der Waals surface area contributed by atoms with E-state index in [1.807, 2.05) is 19.0 Å². The molecular weight excluding hydrogens is 520 g/mol. The average Bonchev–Trinajstić information content (AvgIpc) is 2.59. The van der Waals surface area contributed by atoms with Gasteiger partial charge in [-0.25, -0.2) is 8.42 Å². The minimum Gasteiger partial charge on any atom is -0.369 e. The number of amides is 1. The van der Waals surface area contributed by atoms with Crippen molar-refractivity contribution in [2.75, 3.05) is 62.1 Å². The van der Waals surface area contributed by atoms with Gasteiger partial charge >= 0.3 is 0 Å². The molecule has 0 unspecified atom stereocenters. The summed E-state index contributed by atoms with van der Waals surface area (Å²) in [4.78, 5) is 26.8. The van der Waals surface area contributed by atoms with Crippen LogP contribution in [0.4, 0.5) is 11.4 Å². The van der Waals surface area contributed by atoms with Crippen LogP contribution in [0.25, 0.3) is 0 Å². The van der Waals surface area contributed by atoms with E-state index in [2.05, 4.69) is 37.2 Å². The van der Waals surface area contributed by atoms with E-state index in [1.54, 1.807) is 4.90 Å². The molecule has 0 bridgehead atoms. The van der Waals surface area contributed by atoms with Crippen LogP contribution < -0.4 is 10.2 Å². The van der Waals surface area contributed by atoms with Crippen molar-refractivity contribution in [2.24, 2.45) is 0 Å². The Morgan fingerprint density at radius 3 is 2.18 bits per heavy atom. The molecule has 1 rings (SSSR count). The number of halogens is 2. The quantitative estimate of drug-likeness (QED) is 0.257. The molecule has 0 heterocycles. The Morgan fingerprint density at radius 1 is 1.18 bits per heavy atom. The number of rotatable bonds is 11. The fraction of sp³-hybridized carbons (Fsp3) is 0.562. The summed E-state index contributed by atoms with van der Waals surface area (Å²) in [6.07, 6.45) is 0.993. The first-order valence-corrected chi connectivity index (χ1v) is 12.5. The van der Waals surface area contributed by atoms with Crippen LogP contribution in [0.2, 0.25) is 0 Å². The molecule has 1 aromatic rings. The third-order valence-electron chi connectivity index (χ3n) is 3.81. The third kappa shape index (κ3) is 6.98. The van der Waals surface area contributed by atoms with Crippen LogP contribution in [-0.2, 0) is 9.84 Å². The summed E-state index contributed by atoms with van der Waals surface area (Å²) in [5.74, 6) is -0.618. The maximum Gasteiger partial charge on any atom is 0.283 e. The van der Waals surface area contributed by atoms with Crippen molar-refractivity contribution in [1.82, 2.24) is 10.2 Å². The fourth-order valence-electron chi connectivity index (χ4n) is 2.48. The molecular formula is C16H24Br2N4O5S. The molecule has 0 aliphatic rings. The summed E-state index contributed by atoms with van der Waals surface area (Å²) in [5, 5.41) is 15.3. The number of nitrogens with zero attached hydrogens (tertiary/aromatic N) is 3. The van der Waals surface area contributed by atoms with Gasteiger partial charge in [0.15, 0.2) is 9.84 Å². The first kappa shape index (κ1) is 24.8. The SMILES string of the molecule is CN(C)CCNC(=O)c1cc(N(CCBr)CCBr)c(S(C)(=O)=O)cc1[N+](=O)[O-]. The van der Waals surface area contributed by atoms with Crippen molar-refractivity contribution in [1.29, 1.82) is 0 Å². The Bertz CT molecular complexity index is 811. The lowest BCUT2D eigenvalue weighted by atomic mass is 10.1. The Morgan fingerprint density at radius 2 is 1.75 bits per heavy atom. The van der Waals surface area contributed by atoms with Crippen LogP contribution in [0.1, 0.15) is 10.4 Å². The molecule has 1 N–H and O–H groups in total. The van der Waals surface area contributed by atoms with Gasteiger partial charge in [-0.2, -0.15) is 0 Å². The second-order valence-corrected chi connectivity index (χ2v) is 9.86. The van der Waals surface area contributed by atoms with Crippen molar-refractivity contribution in [2.45, 2.75) is 4.90 Å². The van der Waals surface area contributed by atoms with Crippen LogP contribution in [0, 0.1) is 10.1 Å². The molecule has 28 heavy (non-hydrogen) atoms. The molecule has 0 radical (unpaired) electrons. The second-order valence-electron chi connectivity index (χ2n) is 6.29. The van der Waals surface area contributed by atoms with Gasteiger partial charge in [0, 0.05) is 49.2 Å². The number of carbonyl (C=O) groups is 1. The van der Waals surface area contributed by atoms with E-state index in [0.717, 1.165) is 12.3 Å². The number of nitro benzene ring substituents is 1. The molecule has 0 atom stereocenters. The maximum atomic E-state index is 12.6. The molecule has 0 saturated carbocycles. The van der Waals surface area contributed by atoms with Gasteiger partial charge in [0.25, 0.3) is 11.6 Å². The zero-order valence-electron chi connectivity index (χ0n) is 15.9. The molecule has 0 fully saturated rings. The van der Waals surface area contributed by atoms with Crippen molar-refractivity contribution in [3.63, 3.8) is 0 Å². The predicted octanol–water partition coefficient (Wildman–Crippen LogP) is 1.89. The summed E-state index contributed by atoms with van der Waals surface area (Å²) >= 11 is 6.65. The molecule has 1 aromatic carbocycles. The molecule has 12 heteroatoms. The molecule has 1 amide bonds. The number of likely N-dealkylation sites (N-methyl/N-ethyl adjacent to an activating group) is 1. The van der Waals surface area contributed by atoms with Crippen molar-refractivity contribution in [3.8, 4) is 0 Å². The Hall–Kier alpha value is -1.24. The normalized spacial score (nSPS) is 11.5. The number of hydrogen-bond donors (Lipinski definition) is 1. The summed E-state index contributed by atoms with van der Waals surface area (Å²) < 4.78 is 24.6. The predicted molar refractivity (Wildman–Crippen MR) is 117 cm³/mol. The highest BCUT2D eigenvalue weighted by atomic mass is 79.9. The summed E-state index contributed by atoms with van der Waals surface area (Å²) in [6.45, 7) is 1.80. The van der Waals surface area contributed by atoms with Crippen LogP contribution in [-0.4, -0.2) is 81.3 Å². The van der Waals surface area contributed by atoms with E-state index >= 15 is 0 Å². The number of sulfone groups is 1. The highest BCUT2D eigenvalue weighted by molar-refractivity contribution is 9.09. The van der Waals surface area contributed by atoms with E-state index in [0.29, 0.717) is 36.8 Å². The van der Waals surface area contributed by atoms with Gasteiger partial charge < -0.3 is 15.1 Å². The summed E-state index contributed by atoms with van der Waals surface area (Å²) in [6, 6.07) is 2.27. The van der Waals surface area contributed by atoms with Crippen molar-refractivity contribution >= 4 is 59.0 Å². The number of anilines is 1. The van der Waals surface area contributed by atoms with Gasteiger partial charge in [-0.1, -0.05) is 31.9 Å². The second kappa shape index (κ2) is 11.1. The fourth-order valence-corrected chi connectivity index (χ4v) is 4.23.